The molecule has 0 radical (unpaired) electrons. The number of alkyl halides is 2. The largest absolute Gasteiger partial charge is 0.370 e. The highest BCUT2D eigenvalue weighted by Crippen LogP contribution is 2.17. The Morgan fingerprint density at radius 1 is 1.28 bits per heavy atom. The summed E-state index contributed by atoms with van der Waals surface area (Å²) in [7, 11) is 0. The van der Waals surface area contributed by atoms with Crippen LogP contribution in [0.2, 0.25) is 5.02 Å². The average molecular weight is 489 g/mol. The monoisotopic (exact) mass is 488 g/mol. The molecule has 1 heterocycles. The van der Waals surface area contributed by atoms with E-state index in [9.17, 15) is 23.6 Å². The number of imidazole rings is 1. The molecule has 13 heteroatoms. The number of hydrogen-bond acceptors (Lipinski definition) is 5. The number of halogens is 3. The van der Waals surface area contributed by atoms with Crippen LogP contribution in [0.25, 0.3) is 11.0 Å². The lowest BCUT2D eigenvalue weighted by molar-refractivity contribution is -0.144. The van der Waals surface area contributed by atoms with Gasteiger partial charge in [0.15, 0.2) is 5.82 Å². The summed E-state index contributed by atoms with van der Waals surface area (Å²) in [5, 5.41) is 3.56. The first-order valence-corrected chi connectivity index (χ1v) is 10.4. The van der Waals surface area contributed by atoms with Gasteiger partial charge in [0.05, 0.1) is 17.6 Å². The number of amides is 4. The first-order chi connectivity index (χ1) is 15.0. The van der Waals surface area contributed by atoms with Crippen LogP contribution in [0.3, 0.4) is 0 Å². The third kappa shape index (κ3) is 7.06. The van der Waals surface area contributed by atoms with E-state index in [0.717, 1.165) is 0 Å². The Kier molecular flexibility index (Phi) is 8.79. The maximum Gasteiger partial charge on any atom is 0.291 e. The molecule has 0 spiro atoms. The molecule has 2 atom stereocenters. The second kappa shape index (κ2) is 11.1. The number of benzene rings is 1. The van der Waals surface area contributed by atoms with Crippen LogP contribution < -0.4 is 16.5 Å². The summed E-state index contributed by atoms with van der Waals surface area (Å²) in [6.45, 7) is 3.25. The van der Waals surface area contributed by atoms with E-state index in [0.29, 0.717) is 21.1 Å². The molecule has 1 unspecified atom stereocenters. The fourth-order valence-corrected chi connectivity index (χ4v) is 3.08. The van der Waals surface area contributed by atoms with E-state index < -0.39 is 35.3 Å². The van der Waals surface area contributed by atoms with E-state index in [2.05, 4.69) is 20.7 Å². The van der Waals surface area contributed by atoms with E-state index in [4.69, 9.17) is 28.9 Å². The minimum atomic E-state index is -2.44. The van der Waals surface area contributed by atoms with Crippen molar-refractivity contribution in [2.24, 2.45) is 11.7 Å². The molecule has 2 rings (SSSR count). The molecular weight excluding hydrogens is 466 g/mol. The Balaban J connectivity index is 2.18. The molecule has 1 aromatic heterocycles. The number of primary amides is 1. The number of hydrazine groups is 1. The van der Waals surface area contributed by atoms with Crippen molar-refractivity contribution in [1.82, 2.24) is 25.7 Å². The van der Waals surface area contributed by atoms with Crippen LogP contribution in [0.4, 0.5) is 4.39 Å². The lowest BCUT2D eigenvalue weighted by Gasteiger charge is -2.26. The number of carbonyl (C=O) groups excluding carboxylic acids is 4. The van der Waals surface area contributed by atoms with E-state index in [-0.39, 0.29) is 31.1 Å². The van der Waals surface area contributed by atoms with Crippen LogP contribution in [-0.2, 0) is 14.4 Å². The molecule has 0 saturated heterocycles. The number of H-pyrrole nitrogens is 1. The minimum Gasteiger partial charge on any atom is -0.370 e. The summed E-state index contributed by atoms with van der Waals surface area (Å²) in [6.07, 6.45) is -0.139. The van der Waals surface area contributed by atoms with Gasteiger partial charge < -0.3 is 16.0 Å². The Morgan fingerprint density at radius 3 is 2.56 bits per heavy atom. The fraction of sp³-hybridized carbons (Fsp3) is 0.421. The van der Waals surface area contributed by atoms with E-state index >= 15 is 0 Å². The molecule has 10 nitrogen and oxygen atoms in total. The van der Waals surface area contributed by atoms with Crippen LogP contribution >= 0.6 is 23.2 Å². The maximum atomic E-state index is 13.3. The zero-order chi connectivity index (χ0) is 24.0. The maximum absolute atomic E-state index is 13.3. The van der Waals surface area contributed by atoms with Gasteiger partial charge in [0.25, 0.3) is 23.4 Å². The standard InChI is InChI=1S/C19H23Cl2FN6O4/c1-9(2)7-13(17(30)27-28(6-5-14(23)29)19(32)15(21)22)26-18(31)16-24-11-4-3-10(20)8-12(11)25-16/h3-4,8-9,13,15H,5-7H2,1-2H3,(H2,23,29)(H,24,25)(H,26,31)(H,27,30)/t13-,15?/m0/s1. The number of nitrogens with two attached hydrogens (primary N) is 1. The van der Waals surface area contributed by atoms with Crippen LogP contribution in [-0.4, -0.2) is 56.8 Å². The van der Waals surface area contributed by atoms with Gasteiger partial charge in [-0.15, -0.1) is 0 Å². The number of aromatic amines is 1. The van der Waals surface area contributed by atoms with Crippen molar-refractivity contribution in [3.05, 3.63) is 29.0 Å². The number of aromatic nitrogens is 2. The van der Waals surface area contributed by atoms with Gasteiger partial charge in [0, 0.05) is 11.4 Å². The highest BCUT2D eigenvalue weighted by Gasteiger charge is 2.29. The average Bonchev–Trinajstić information content (AvgIpc) is 3.12. The summed E-state index contributed by atoms with van der Waals surface area (Å²) in [4.78, 5) is 55.4. The highest BCUT2D eigenvalue weighted by molar-refractivity contribution is 6.31. The molecule has 0 fully saturated rings. The molecule has 0 saturated carbocycles. The minimum absolute atomic E-state index is 0.0303. The summed E-state index contributed by atoms with van der Waals surface area (Å²) >= 11 is 11.1. The summed E-state index contributed by atoms with van der Waals surface area (Å²) in [5.74, 6) is -3.59. The summed E-state index contributed by atoms with van der Waals surface area (Å²) < 4.78 is 13.3. The van der Waals surface area contributed by atoms with E-state index in [1.54, 1.807) is 18.2 Å². The second-order valence-electron chi connectivity index (χ2n) is 7.39. The topological polar surface area (TPSA) is 150 Å². The van der Waals surface area contributed by atoms with Gasteiger partial charge in [-0.1, -0.05) is 37.0 Å². The van der Waals surface area contributed by atoms with Crippen LogP contribution in [0.15, 0.2) is 18.2 Å². The van der Waals surface area contributed by atoms with Crippen molar-refractivity contribution in [2.45, 2.75) is 38.4 Å². The van der Waals surface area contributed by atoms with Crippen molar-refractivity contribution >= 4 is 57.9 Å². The molecule has 4 amide bonds. The number of nitrogens with one attached hydrogen (secondary N) is 3. The van der Waals surface area contributed by atoms with Crippen molar-refractivity contribution in [1.29, 1.82) is 0 Å². The number of hydrogen-bond donors (Lipinski definition) is 4. The molecule has 174 valence electrons. The Morgan fingerprint density at radius 2 is 1.97 bits per heavy atom. The zero-order valence-electron chi connectivity index (χ0n) is 17.3. The molecule has 0 aliphatic rings. The predicted molar refractivity (Wildman–Crippen MR) is 116 cm³/mol. The Bertz CT molecular complexity index is 1010. The zero-order valence-corrected chi connectivity index (χ0v) is 18.8. The highest BCUT2D eigenvalue weighted by atomic mass is 35.5. The van der Waals surface area contributed by atoms with Crippen molar-refractivity contribution in [3.63, 3.8) is 0 Å². The molecule has 32 heavy (non-hydrogen) atoms. The third-order valence-electron chi connectivity index (χ3n) is 4.27. The molecule has 0 aliphatic carbocycles. The van der Waals surface area contributed by atoms with Gasteiger partial charge >= 0.3 is 0 Å². The third-order valence-corrected chi connectivity index (χ3v) is 4.69. The quantitative estimate of drug-likeness (QED) is 0.312. The molecular formula is C19H23Cl2FN6O4. The van der Waals surface area contributed by atoms with Crippen molar-refractivity contribution in [2.75, 3.05) is 6.54 Å². The fourth-order valence-electron chi connectivity index (χ4n) is 2.79. The van der Waals surface area contributed by atoms with Gasteiger partial charge in [0.1, 0.15) is 6.04 Å². The molecule has 1 aromatic carbocycles. The van der Waals surface area contributed by atoms with Gasteiger partial charge in [-0.05, 0) is 30.5 Å². The van der Waals surface area contributed by atoms with Gasteiger partial charge in [-0.25, -0.2) is 14.4 Å². The Hall–Kier alpha value is -2.92. The number of carbonyl (C=O) groups is 4. The number of nitrogens with zero attached hydrogens (tertiary/aromatic N) is 2. The van der Waals surface area contributed by atoms with Crippen LogP contribution in [0, 0.1) is 5.92 Å². The molecule has 2 aromatic rings. The van der Waals surface area contributed by atoms with Gasteiger partial charge in [0.2, 0.25) is 5.91 Å². The summed E-state index contributed by atoms with van der Waals surface area (Å²) in [6, 6.07) is 3.75. The van der Waals surface area contributed by atoms with Crippen molar-refractivity contribution < 1.29 is 23.6 Å². The molecule has 0 aliphatic heterocycles. The van der Waals surface area contributed by atoms with E-state index in [1.165, 1.54) is 0 Å². The van der Waals surface area contributed by atoms with Crippen LogP contribution in [0.1, 0.15) is 37.3 Å². The number of rotatable bonds is 9. The van der Waals surface area contributed by atoms with Crippen molar-refractivity contribution in [3.8, 4) is 0 Å². The van der Waals surface area contributed by atoms with Gasteiger partial charge in [-0.3, -0.25) is 24.6 Å². The molecule has 0 bridgehead atoms. The Labute approximate surface area is 193 Å². The van der Waals surface area contributed by atoms with E-state index in [1.807, 2.05) is 13.8 Å². The number of fused-ring (bicyclic) bond motifs is 1. The normalized spacial score (nSPS) is 12.9. The lowest BCUT2D eigenvalue weighted by Crippen LogP contribution is -2.56. The SMILES string of the molecule is CC(C)C[C@H](NC(=O)c1nc2ccc(Cl)cc2[nH]1)C(=O)NN(CCC(N)=O)C(=O)C(F)Cl. The smallest absolute Gasteiger partial charge is 0.291 e. The predicted octanol–water partition coefficient (Wildman–Crippen LogP) is 1.63. The van der Waals surface area contributed by atoms with Crippen LogP contribution in [0.5, 0.6) is 0 Å². The lowest BCUT2D eigenvalue weighted by atomic mass is 10.0. The van der Waals surface area contributed by atoms with Gasteiger partial charge in [-0.2, -0.15) is 0 Å². The molecule has 5 N–H and O–H groups in total. The first kappa shape index (κ1) is 25.3. The first-order valence-electron chi connectivity index (χ1n) is 9.62. The second-order valence-corrected chi connectivity index (χ2v) is 8.21. The summed E-state index contributed by atoms with van der Waals surface area (Å²) in [5.41, 5.74) is 5.85.